The van der Waals surface area contributed by atoms with E-state index in [0.717, 1.165) is 36.3 Å². The number of benzene rings is 1. The Morgan fingerprint density at radius 2 is 2.03 bits per heavy atom. The molecule has 3 amide bonds. The van der Waals surface area contributed by atoms with E-state index in [9.17, 15) is 9.59 Å². The first-order valence-electron chi connectivity index (χ1n) is 10.5. The highest BCUT2D eigenvalue weighted by Gasteiger charge is 2.38. The zero-order valence-electron chi connectivity index (χ0n) is 17.8. The van der Waals surface area contributed by atoms with Crippen LogP contribution in [0.4, 0.5) is 20.4 Å². The van der Waals surface area contributed by atoms with Crippen molar-refractivity contribution in [1.82, 2.24) is 15.1 Å². The fourth-order valence-electron chi connectivity index (χ4n) is 3.34. The molecule has 1 atom stereocenters. The van der Waals surface area contributed by atoms with Gasteiger partial charge < -0.3 is 9.64 Å². The van der Waals surface area contributed by atoms with Crippen molar-refractivity contribution >= 4 is 34.3 Å². The van der Waals surface area contributed by atoms with Crippen LogP contribution in [0.5, 0.6) is 0 Å². The molecule has 8 nitrogen and oxygen atoms in total. The number of anilines is 2. The molecule has 1 aliphatic heterocycles. The van der Waals surface area contributed by atoms with E-state index in [4.69, 9.17) is 4.74 Å². The number of unbranched alkanes of at least 4 members (excludes halogenated alkanes) is 1. The molecular formula is C21H29N5O3S. The van der Waals surface area contributed by atoms with Crippen LogP contribution in [-0.2, 0) is 17.6 Å². The van der Waals surface area contributed by atoms with Crippen molar-refractivity contribution in [1.29, 1.82) is 0 Å². The molecule has 1 N–H and O–H groups in total. The molecule has 0 saturated carbocycles. The van der Waals surface area contributed by atoms with Crippen molar-refractivity contribution in [3.8, 4) is 0 Å². The molecule has 1 aromatic heterocycles. The summed E-state index contributed by atoms with van der Waals surface area (Å²) in [6.45, 7) is 7.32. The molecule has 1 saturated heterocycles. The van der Waals surface area contributed by atoms with E-state index in [1.54, 1.807) is 4.90 Å². The van der Waals surface area contributed by atoms with Gasteiger partial charge in [-0.15, -0.1) is 10.2 Å². The lowest BCUT2D eigenvalue weighted by Gasteiger charge is -2.39. The maximum atomic E-state index is 13.2. The van der Waals surface area contributed by atoms with Gasteiger partial charge in [0.1, 0.15) is 5.01 Å². The third kappa shape index (κ3) is 5.08. The van der Waals surface area contributed by atoms with Gasteiger partial charge in [0.05, 0.1) is 0 Å². The Kier molecular flexibility index (Phi) is 7.62. The summed E-state index contributed by atoms with van der Waals surface area (Å²) in [7, 11) is 0. The summed E-state index contributed by atoms with van der Waals surface area (Å²) in [6.07, 6.45) is 2.67. The van der Waals surface area contributed by atoms with Gasteiger partial charge in [0.25, 0.3) is 0 Å². The number of ether oxygens (including phenoxy) is 1. The summed E-state index contributed by atoms with van der Waals surface area (Å²) in [5.41, 5.74) is 1.74. The van der Waals surface area contributed by atoms with Crippen LogP contribution in [0, 0.1) is 0 Å². The fraction of sp³-hybridized carbons (Fsp3) is 0.524. The number of para-hydroxylation sites is 1. The van der Waals surface area contributed by atoms with Crippen LogP contribution in [0.1, 0.15) is 50.6 Å². The predicted octanol–water partition coefficient (Wildman–Crippen LogP) is 4.67. The predicted molar refractivity (Wildman–Crippen MR) is 118 cm³/mol. The second kappa shape index (κ2) is 10.4. The molecule has 1 aliphatic rings. The first kappa shape index (κ1) is 22.0. The zero-order valence-corrected chi connectivity index (χ0v) is 18.6. The smallest absolute Gasteiger partial charge is 0.413 e. The van der Waals surface area contributed by atoms with Crippen molar-refractivity contribution in [2.45, 2.75) is 59.1 Å². The van der Waals surface area contributed by atoms with Crippen molar-refractivity contribution in [3.63, 3.8) is 0 Å². The van der Waals surface area contributed by atoms with Crippen molar-refractivity contribution in [3.05, 3.63) is 34.8 Å². The molecule has 3 rings (SSSR count). The molecule has 0 spiro atoms. The van der Waals surface area contributed by atoms with Crippen molar-refractivity contribution < 1.29 is 14.3 Å². The van der Waals surface area contributed by atoms with E-state index in [1.165, 1.54) is 16.2 Å². The minimum Gasteiger partial charge on any atom is -0.425 e. The van der Waals surface area contributed by atoms with Crippen LogP contribution < -0.4 is 10.2 Å². The highest BCUT2D eigenvalue weighted by molar-refractivity contribution is 7.15. The van der Waals surface area contributed by atoms with E-state index in [1.807, 2.05) is 38.1 Å². The number of aryl methyl sites for hydroxylation is 2. The van der Waals surface area contributed by atoms with E-state index < -0.39 is 12.3 Å². The molecule has 1 unspecified atom stereocenters. The number of urea groups is 1. The number of rotatable bonds is 8. The number of amides is 3. The largest absolute Gasteiger partial charge is 0.425 e. The molecule has 30 heavy (non-hydrogen) atoms. The lowest BCUT2D eigenvalue weighted by molar-refractivity contribution is 0.0798. The monoisotopic (exact) mass is 431 g/mol. The minimum atomic E-state index is -0.721. The third-order valence-electron chi connectivity index (χ3n) is 5.03. The number of carbonyl (C=O) groups excluding carboxylic acids is 2. The van der Waals surface area contributed by atoms with Crippen molar-refractivity contribution in [2.75, 3.05) is 23.3 Å². The van der Waals surface area contributed by atoms with Crippen LogP contribution in [0.15, 0.2) is 24.3 Å². The lowest BCUT2D eigenvalue weighted by Crippen LogP contribution is -2.56. The second-order valence-corrected chi connectivity index (χ2v) is 8.15. The van der Waals surface area contributed by atoms with Gasteiger partial charge in [-0.1, -0.05) is 56.7 Å². The highest BCUT2D eigenvalue weighted by atomic mass is 32.1. The van der Waals surface area contributed by atoms with Gasteiger partial charge in [0, 0.05) is 25.2 Å². The molecule has 2 aromatic rings. The standard InChI is InChI=1S/C21H29N5O3S/c1-4-7-13-25-14-12-18(26(21(25)28)19-24-23-17(6-3)30-19)29-20(27)22-16-11-9-8-10-15(16)5-2/h8-11,18H,4-7,12-14H2,1-3H3,(H,22,27). The maximum Gasteiger partial charge on any atom is 0.413 e. The number of carbonyl (C=O) groups is 2. The van der Waals surface area contributed by atoms with E-state index in [2.05, 4.69) is 22.4 Å². The summed E-state index contributed by atoms with van der Waals surface area (Å²) >= 11 is 1.35. The SMILES string of the molecule is CCCCN1CCC(OC(=O)Nc2ccccc2CC)N(c2nnc(CC)s2)C1=O. The average molecular weight is 432 g/mol. The third-order valence-corrected chi connectivity index (χ3v) is 6.10. The summed E-state index contributed by atoms with van der Waals surface area (Å²) in [4.78, 5) is 29.1. The minimum absolute atomic E-state index is 0.194. The Hall–Kier alpha value is -2.68. The maximum absolute atomic E-state index is 13.2. The van der Waals surface area contributed by atoms with Gasteiger partial charge in [0.2, 0.25) is 5.13 Å². The van der Waals surface area contributed by atoms with Gasteiger partial charge in [-0.2, -0.15) is 0 Å². The van der Waals surface area contributed by atoms with Crippen LogP contribution in [0.3, 0.4) is 0 Å². The first-order chi connectivity index (χ1) is 14.6. The van der Waals surface area contributed by atoms with E-state index >= 15 is 0 Å². The molecule has 0 radical (unpaired) electrons. The molecule has 0 aliphatic carbocycles. The van der Waals surface area contributed by atoms with Crippen LogP contribution in [-0.4, -0.2) is 46.5 Å². The van der Waals surface area contributed by atoms with Crippen LogP contribution in [0.2, 0.25) is 0 Å². The lowest BCUT2D eigenvalue weighted by atomic mass is 10.1. The number of nitrogens with one attached hydrogen (secondary N) is 1. The van der Waals surface area contributed by atoms with Gasteiger partial charge in [-0.3, -0.25) is 5.32 Å². The molecule has 162 valence electrons. The molecule has 1 fully saturated rings. The molecule has 9 heteroatoms. The Morgan fingerprint density at radius 3 is 2.73 bits per heavy atom. The highest BCUT2D eigenvalue weighted by Crippen LogP contribution is 2.29. The summed E-state index contributed by atoms with van der Waals surface area (Å²) < 4.78 is 5.70. The topological polar surface area (TPSA) is 87.7 Å². The first-order valence-corrected chi connectivity index (χ1v) is 11.3. The Bertz CT molecular complexity index is 872. The van der Waals surface area contributed by atoms with Crippen molar-refractivity contribution in [2.24, 2.45) is 0 Å². The normalized spacial score (nSPS) is 16.6. The summed E-state index contributed by atoms with van der Waals surface area (Å²) in [6, 6.07) is 7.41. The average Bonchev–Trinajstić information content (AvgIpc) is 3.22. The Labute approximate surface area is 181 Å². The molecule has 0 bridgehead atoms. The van der Waals surface area contributed by atoms with E-state index in [0.29, 0.717) is 30.3 Å². The van der Waals surface area contributed by atoms with E-state index in [-0.39, 0.29) is 6.03 Å². The van der Waals surface area contributed by atoms with Gasteiger partial charge >= 0.3 is 12.1 Å². The Morgan fingerprint density at radius 1 is 1.23 bits per heavy atom. The van der Waals surface area contributed by atoms with Gasteiger partial charge in [-0.05, 0) is 30.9 Å². The van der Waals surface area contributed by atoms with Gasteiger partial charge in [-0.25, -0.2) is 14.5 Å². The number of aromatic nitrogens is 2. The summed E-state index contributed by atoms with van der Waals surface area (Å²) in [5.74, 6) is 0. The number of hydrogen-bond acceptors (Lipinski definition) is 6. The molecule has 1 aromatic carbocycles. The summed E-state index contributed by atoms with van der Waals surface area (Å²) in [5, 5.41) is 12.4. The zero-order chi connectivity index (χ0) is 21.5. The fourth-order valence-corrected chi connectivity index (χ4v) is 4.15. The van der Waals surface area contributed by atoms with Gasteiger partial charge in [0.15, 0.2) is 6.23 Å². The molecular weight excluding hydrogens is 402 g/mol. The van der Waals surface area contributed by atoms with Crippen LogP contribution in [0.25, 0.3) is 0 Å². The molecule has 2 heterocycles. The Balaban J connectivity index is 1.77. The number of hydrogen-bond donors (Lipinski definition) is 1. The number of nitrogens with zero attached hydrogens (tertiary/aromatic N) is 4. The second-order valence-electron chi connectivity index (χ2n) is 7.11. The van der Waals surface area contributed by atoms with Crippen LogP contribution >= 0.6 is 11.3 Å². The quantitative estimate of drug-likeness (QED) is 0.656.